The average molecular weight is 513 g/mol. The molecule has 0 saturated carbocycles. The van der Waals surface area contributed by atoms with Gasteiger partial charge in [0, 0.05) is 0 Å². The first-order chi connectivity index (χ1) is 13.0. The van der Waals surface area contributed by atoms with Crippen LogP contribution in [0.4, 0.5) is 48.3 Å². The summed E-state index contributed by atoms with van der Waals surface area (Å²) in [4.78, 5) is 0. The molecule has 0 fully saturated rings. The maximum absolute atomic E-state index is 13.6. The van der Waals surface area contributed by atoms with E-state index in [4.69, 9.17) is 10.2 Å². The largest absolute Gasteiger partial charge is 0.460 e. The second kappa shape index (κ2) is 8.26. The van der Waals surface area contributed by atoms with Crippen molar-refractivity contribution in [3.63, 3.8) is 0 Å². The summed E-state index contributed by atoms with van der Waals surface area (Å²) >= 11 is 2.64. The first-order valence-corrected chi connectivity index (χ1v) is 7.71. The Morgan fingerprint density at radius 3 is 1.69 bits per heavy atom. The molecule has 15 heteroatoms. The Morgan fingerprint density at radius 1 is 0.828 bits per heavy atom. The highest BCUT2D eigenvalue weighted by Crippen LogP contribution is 2.55. The van der Waals surface area contributed by atoms with Crippen LogP contribution in [-0.4, -0.2) is 34.2 Å². The molecule has 166 valence electrons. The van der Waals surface area contributed by atoms with Crippen LogP contribution in [0.15, 0.2) is 28.4 Å². The van der Waals surface area contributed by atoms with E-state index in [-0.39, 0.29) is 11.1 Å². The molecule has 0 aliphatic rings. The minimum atomic E-state index is -7.42. The van der Waals surface area contributed by atoms with Crippen molar-refractivity contribution < 1.29 is 63.2 Å². The Bertz CT molecular complexity index is 790. The number of hydrogen-bond acceptors (Lipinski definition) is 3. The Hall–Kier alpha value is -1.61. The maximum atomic E-state index is 13.6. The average Bonchev–Trinajstić information content (AvgIpc) is 2.60. The predicted octanol–water partition coefficient (Wildman–Crippen LogP) is 5.39. The summed E-state index contributed by atoms with van der Waals surface area (Å²) in [6.45, 7) is -1.54. The minimum Gasteiger partial charge on any atom is -0.428 e. The molecule has 0 bridgehead atoms. The van der Waals surface area contributed by atoms with Gasteiger partial charge in [0.15, 0.2) is 0 Å². The van der Waals surface area contributed by atoms with Crippen molar-refractivity contribution in [3.8, 4) is 5.75 Å². The molecule has 0 aromatic heterocycles. The smallest absolute Gasteiger partial charge is 0.428 e. The van der Waals surface area contributed by atoms with Gasteiger partial charge in [-0.1, -0.05) is 0 Å². The van der Waals surface area contributed by atoms with E-state index in [9.17, 15) is 48.3 Å². The fourth-order valence-corrected chi connectivity index (χ4v) is 2.26. The summed E-state index contributed by atoms with van der Waals surface area (Å²) in [6.07, 6.45) is -7.21. The Kier molecular flexibility index (Phi) is 7.24. The van der Waals surface area contributed by atoms with Crippen molar-refractivity contribution in [1.82, 2.24) is 0 Å². The molecule has 0 spiro atoms. The molecule has 0 heterocycles. The normalized spacial score (nSPS) is 14.7. The molecule has 3 nitrogen and oxygen atoms in total. The van der Waals surface area contributed by atoms with Crippen LogP contribution in [0.2, 0.25) is 0 Å². The van der Waals surface area contributed by atoms with Crippen LogP contribution < -0.4 is 4.74 Å². The van der Waals surface area contributed by atoms with Crippen molar-refractivity contribution in [2.75, 3.05) is 0 Å². The van der Waals surface area contributed by atoms with Gasteiger partial charge in [-0.15, -0.1) is 0 Å². The molecule has 1 rings (SSSR count). The van der Waals surface area contributed by atoms with Crippen molar-refractivity contribution in [1.29, 1.82) is 0 Å². The number of halogens is 12. The molecule has 0 radical (unpaired) electrons. The standard InChI is InChI=1S/C14H8BrF11O3/c15-7-1-5(3-27)6(4-28)2-8(7)29-10(17)9(16)11(18,19)12(20,21)13(22,23)14(24,25)26/h1-2,27-28H,3-4H2. The van der Waals surface area contributed by atoms with Gasteiger partial charge in [0.2, 0.25) is 5.83 Å². The van der Waals surface area contributed by atoms with Crippen molar-refractivity contribution in [2.45, 2.75) is 37.2 Å². The van der Waals surface area contributed by atoms with Crippen LogP contribution in [0.3, 0.4) is 0 Å². The molecule has 29 heavy (non-hydrogen) atoms. The third-order valence-electron chi connectivity index (χ3n) is 3.39. The van der Waals surface area contributed by atoms with Crippen LogP contribution in [0.1, 0.15) is 11.1 Å². The number of allylic oxidation sites excluding steroid dienone is 1. The third-order valence-corrected chi connectivity index (χ3v) is 4.01. The van der Waals surface area contributed by atoms with Gasteiger partial charge in [0.05, 0.1) is 17.7 Å². The molecular weight excluding hydrogens is 505 g/mol. The number of rotatable bonds is 7. The molecule has 0 atom stereocenters. The number of alkyl halides is 9. The zero-order chi connectivity index (χ0) is 23.0. The van der Waals surface area contributed by atoms with Crippen LogP contribution in [0.25, 0.3) is 0 Å². The van der Waals surface area contributed by atoms with E-state index in [0.29, 0.717) is 6.07 Å². The van der Waals surface area contributed by atoms with Gasteiger partial charge in [-0.05, 0) is 39.2 Å². The Morgan fingerprint density at radius 2 is 1.28 bits per heavy atom. The predicted molar refractivity (Wildman–Crippen MR) is 76.8 cm³/mol. The Labute approximate surface area is 162 Å². The molecule has 0 saturated heterocycles. The van der Waals surface area contributed by atoms with E-state index in [0.717, 1.165) is 6.07 Å². The summed E-state index contributed by atoms with van der Waals surface area (Å²) in [5.41, 5.74) is -0.238. The van der Waals surface area contributed by atoms with E-state index in [1.165, 1.54) is 0 Å². The molecule has 0 unspecified atom stereocenters. The lowest BCUT2D eigenvalue weighted by Crippen LogP contribution is -2.61. The lowest BCUT2D eigenvalue weighted by atomic mass is 10.0. The minimum absolute atomic E-state index is 0.0155. The molecule has 0 aliphatic heterocycles. The fourth-order valence-electron chi connectivity index (χ4n) is 1.79. The van der Waals surface area contributed by atoms with Crippen molar-refractivity contribution in [3.05, 3.63) is 39.6 Å². The number of hydrogen-bond donors (Lipinski definition) is 2. The summed E-state index contributed by atoms with van der Waals surface area (Å²) in [5.74, 6) is -26.8. The summed E-state index contributed by atoms with van der Waals surface area (Å²) < 4.78 is 145. The first kappa shape index (κ1) is 25.4. The molecule has 2 N–H and O–H groups in total. The number of aliphatic hydroxyl groups is 2. The summed E-state index contributed by atoms with van der Waals surface area (Å²) in [7, 11) is 0. The van der Waals surface area contributed by atoms with Gasteiger partial charge in [-0.3, -0.25) is 0 Å². The van der Waals surface area contributed by atoms with E-state index < -0.39 is 59.2 Å². The summed E-state index contributed by atoms with van der Waals surface area (Å²) in [5, 5.41) is 18.1. The van der Waals surface area contributed by atoms with E-state index in [2.05, 4.69) is 20.7 Å². The topological polar surface area (TPSA) is 49.7 Å². The van der Waals surface area contributed by atoms with E-state index in [1.807, 2.05) is 0 Å². The van der Waals surface area contributed by atoms with E-state index in [1.54, 1.807) is 0 Å². The monoisotopic (exact) mass is 512 g/mol. The molecule has 0 amide bonds. The van der Waals surface area contributed by atoms with Crippen LogP contribution in [-0.2, 0) is 13.2 Å². The van der Waals surface area contributed by atoms with Crippen LogP contribution >= 0.6 is 15.9 Å². The van der Waals surface area contributed by atoms with Crippen LogP contribution in [0, 0.1) is 0 Å². The van der Waals surface area contributed by atoms with Crippen molar-refractivity contribution in [2.24, 2.45) is 0 Å². The quantitative estimate of drug-likeness (QED) is 0.380. The number of ether oxygens (including phenoxy) is 1. The number of aliphatic hydroxyl groups excluding tert-OH is 2. The third kappa shape index (κ3) is 4.45. The van der Waals surface area contributed by atoms with Gasteiger partial charge in [-0.25, -0.2) is 0 Å². The highest BCUT2D eigenvalue weighted by atomic mass is 79.9. The van der Waals surface area contributed by atoms with Gasteiger partial charge in [0.1, 0.15) is 5.75 Å². The SMILES string of the molecule is OCc1cc(Br)c(OC(F)=C(F)C(F)(F)C(F)(F)C(F)(F)C(F)(F)F)cc1CO. The molecule has 0 aliphatic carbocycles. The van der Waals surface area contributed by atoms with Crippen molar-refractivity contribution >= 4 is 15.9 Å². The summed E-state index contributed by atoms with van der Waals surface area (Å²) in [6, 6.07) is -1.70. The molecule has 1 aromatic rings. The lowest BCUT2D eigenvalue weighted by Gasteiger charge is -2.32. The van der Waals surface area contributed by atoms with Gasteiger partial charge >= 0.3 is 30.0 Å². The molecular formula is C14H8BrF11O3. The number of benzene rings is 1. The molecule has 1 aromatic carbocycles. The second-order valence-electron chi connectivity index (χ2n) is 5.28. The fraction of sp³-hybridized carbons (Fsp3) is 0.429. The lowest BCUT2D eigenvalue weighted by molar-refractivity contribution is -0.392. The van der Waals surface area contributed by atoms with Gasteiger partial charge in [0.25, 0.3) is 0 Å². The van der Waals surface area contributed by atoms with Gasteiger partial charge in [-0.2, -0.15) is 48.3 Å². The highest BCUT2D eigenvalue weighted by Gasteiger charge is 2.83. The zero-order valence-electron chi connectivity index (χ0n) is 13.4. The highest BCUT2D eigenvalue weighted by molar-refractivity contribution is 9.10. The first-order valence-electron chi connectivity index (χ1n) is 6.92. The zero-order valence-corrected chi connectivity index (χ0v) is 15.0. The second-order valence-corrected chi connectivity index (χ2v) is 6.13. The van der Waals surface area contributed by atoms with Gasteiger partial charge < -0.3 is 14.9 Å². The Balaban J connectivity index is 3.42. The van der Waals surface area contributed by atoms with E-state index >= 15 is 0 Å². The maximum Gasteiger partial charge on any atom is 0.460 e. The van der Waals surface area contributed by atoms with Crippen LogP contribution in [0.5, 0.6) is 5.75 Å².